The van der Waals surface area contributed by atoms with Crippen LogP contribution >= 0.6 is 11.6 Å². The second-order valence-corrected chi connectivity index (χ2v) is 11.8. The van der Waals surface area contributed by atoms with Crippen molar-refractivity contribution < 1.29 is 22.7 Å². The molecule has 0 radical (unpaired) electrons. The Morgan fingerprint density at radius 2 is 1.60 bits per heavy atom. The van der Waals surface area contributed by atoms with Crippen LogP contribution in [0.4, 0.5) is 5.69 Å². The lowest BCUT2D eigenvalue weighted by Crippen LogP contribution is -2.51. The van der Waals surface area contributed by atoms with Gasteiger partial charge in [-0.3, -0.25) is 13.9 Å². The van der Waals surface area contributed by atoms with E-state index >= 15 is 0 Å². The first-order chi connectivity index (χ1) is 19.1. The summed E-state index contributed by atoms with van der Waals surface area (Å²) in [5.41, 5.74) is 2.03. The van der Waals surface area contributed by atoms with E-state index in [0.717, 1.165) is 28.3 Å². The zero-order chi connectivity index (χ0) is 29.3. The average molecular weight is 586 g/mol. The number of sulfonamides is 1. The van der Waals surface area contributed by atoms with Crippen molar-refractivity contribution in [3.05, 3.63) is 88.9 Å². The molecule has 10 heteroatoms. The minimum atomic E-state index is -4.15. The van der Waals surface area contributed by atoms with Crippen molar-refractivity contribution in [2.75, 3.05) is 24.5 Å². The van der Waals surface area contributed by atoms with E-state index in [1.165, 1.54) is 24.1 Å². The molecule has 0 saturated heterocycles. The molecule has 0 aliphatic carbocycles. The molecule has 3 aromatic rings. The van der Waals surface area contributed by atoms with E-state index in [2.05, 4.69) is 5.32 Å². The van der Waals surface area contributed by atoms with Crippen LogP contribution in [0.25, 0.3) is 0 Å². The van der Waals surface area contributed by atoms with E-state index in [1.807, 2.05) is 13.8 Å². The van der Waals surface area contributed by atoms with Gasteiger partial charge in [-0.05, 0) is 74.4 Å². The molecule has 214 valence electrons. The molecule has 40 heavy (non-hydrogen) atoms. The summed E-state index contributed by atoms with van der Waals surface area (Å²) in [5.74, 6) is -0.324. The van der Waals surface area contributed by atoms with Crippen molar-refractivity contribution >= 4 is 39.1 Å². The number of aryl methyl sites for hydroxylation is 1. The molecule has 3 rings (SSSR count). The van der Waals surface area contributed by atoms with Crippen molar-refractivity contribution in [1.29, 1.82) is 0 Å². The number of nitrogens with one attached hydrogen (secondary N) is 1. The number of carbonyl (C=O) groups excluding carboxylic acids is 2. The summed E-state index contributed by atoms with van der Waals surface area (Å²) in [5, 5.41) is 3.42. The summed E-state index contributed by atoms with van der Waals surface area (Å²) in [6.45, 7) is 5.65. The first kappa shape index (κ1) is 31.0. The SMILES string of the molecule is CCCCNC(=O)[C@@H](C)N(Cc1ccc(Cl)cc1)C(=O)CN(c1ccc(C)cc1)S(=O)(=O)c1ccc(OC)cc1. The average Bonchev–Trinajstić information content (AvgIpc) is 2.95. The Hall–Kier alpha value is -3.56. The van der Waals surface area contributed by atoms with Crippen molar-refractivity contribution in [3.63, 3.8) is 0 Å². The quantitative estimate of drug-likeness (QED) is 0.279. The molecule has 0 fully saturated rings. The maximum Gasteiger partial charge on any atom is 0.264 e. The molecular weight excluding hydrogens is 550 g/mol. The van der Waals surface area contributed by atoms with Crippen LogP contribution in [-0.2, 0) is 26.2 Å². The minimum absolute atomic E-state index is 0.0104. The van der Waals surface area contributed by atoms with E-state index in [0.29, 0.717) is 23.0 Å². The number of amides is 2. The van der Waals surface area contributed by atoms with Gasteiger partial charge in [0.25, 0.3) is 10.0 Å². The molecule has 0 bridgehead atoms. The van der Waals surface area contributed by atoms with E-state index in [4.69, 9.17) is 16.3 Å². The molecule has 3 aromatic carbocycles. The number of rotatable bonds is 13. The van der Waals surface area contributed by atoms with Crippen molar-refractivity contribution in [1.82, 2.24) is 10.2 Å². The Morgan fingerprint density at radius 1 is 0.975 bits per heavy atom. The molecule has 2 amide bonds. The van der Waals surface area contributed by atoms with Crippen molar-refractivity contribution in [2.24, 2.45) is 0 Å². The monoisotopic (exact) mass is 585 g/mol. The lowest BCUT2D eigenvalue weighted by Gasteiger charge is -2.32. The number of hydrogen-bond donors (Lipinski definition) is 1. The van der Waals surface area contributed by atoms with Gasteiger partial charge >= 0.3 is 0 Å². The van der Waals surface area contributed by atoms with Gasteiger partial charge in [-0.2, -0.15) is 0 Å². The van der Waals surface area contributed by atoms with Crippen molar-refractivity contribution in [3.8, 4) is 5.75 Å². The maximum absolute atomic E-state index is 13.9. The first-order valence-corrected chi connectivity index (χ1v) is 14.9. The van der Waals surface area contributed by atoms with Crippen LogP contribution in [0.2, 0.25) is 5.02 Å². The second-order valence-electron chi connectivity index (χ2n) is 9.49. The van der Waals surface area contributed by atoms with Gasteiger partial charge in [-0.25, -0.2) is 8.42 Å². The van der Waals surface area contributed by atoms with Gasteiger partial charge in [0.05, 0.1) is 17.7 Å². The maximum atomic E-state index is 13.9. The van der Waals surface area contributed by atoms with Gasteiger partial charge in [0.2, 0.25) is 11.8 Å². The number of nitrogens with zero attached hydrogens (tertiary/aromatic N) is 2. The molecule has 8 nitrogen and oxygen atoms in total. The largest absolute Gasteiger partial charge is 0.497 e. The van der Waals surface area contributed by atoms with Gasteiger partial charge in [0.1, 0.15) is 18.3 Å². The Morgan fingerprint density at radius 3 is 2.17 bits per heavy atom. The summed E-state index contributed by atoms with van der Waals surface area (Å²) in [7, 11) is -2.65. The highest BCUT2D eigenvalue weighted by Gasteiger charge is 2.32. The predicted octanol–water partition coefficient (Wildman–Crippen LogP) is 5.19. The fraction of sp³-hybridized carbons (Fsp3) is 0.333. The summed E-state index contributed by atoms with van der Waals surface area (Å²) in [6, 6.07) is 19.0. The highest BCUT2D eigenvalue weighted by molar-refractivity contribution is 7.92. The molecule has 0 aromatic heterocycles. The predicted molar refractivity (Wildman–Crippen MR) is 158 cm³/mol. The summed E-state index contributed by atoms with van der Waals surface area (Å²) in [4.78, 5) is 28.3. The summed E-state index contributed by atoms with van der Waals surface area (Å²) >= 11 is 6.04. The van der Waals surface area contributed by atoms with Crippen molar-refractivity contribution in [2.45, 2.75) is 51.1 Å². The van der Waals surface area contributed by atoms with Crippen LogP contribution in [0.5, 0.6) is 5.75 Å². The lowest BCUT2D eigenvalue weighted by atomic mass is 10.1. The zero-order valence-electron chi connectivity index (χ0n) is 23.3. The molecule has 0 saturated carbocycles. The van der Waals surface area contributed by atoms with Crippen LogP contribution in [-0.4, -0.2) is 51.4 Å². The van der Waals surface area contributed by atoms with Gasteiger partial charge in [0.15, 0.2) is 0 Å². The molecule has 0 heterocycles. The fourth-order valence-corrected chi connectivity index (χ4v) is 5.56. The Labute approximate surface area is 241 Å². The van der Waals surface area contributed by atoms with E-state index in [-0.39, 0.29) is 17.3 Å². The molecule has 1 atom stereocenters. The van der Waals surface area contributed by atoms with Gasteiger partial charge in [-0.15, -0.1) is 0 Å². The number of ether oxygens (including phenoxy) is 1. The third-order valence-corrected chi connectivity index (χ3v) is 8.55. The second kappa shape index (κ2) is 14.2. The van der Waals surface area contributed by atoms with Gasteiger partial charge < -0.3 is 15.0 Å². The molecular formula is C30H36ClN3O5S. The van der Waals surface area contributed by atoms with E-state index in [9.17, 15) is 18.0 Å². The number of benzene rings is 3. The number of methoxy groups -OCH3 is 1. The molecule has 0 spiro atoms. The van der Waals surface area contributed by atoms with Crippen LogP contribution in [0.1, 0.15) is 37.8 Å². The summed E-state index contributed by atoms with van der Waals surface area (Å²) < 4.78 is 34.0. The highest BCUT2D eigenvalue weighted by atomic mass is 35.5. The van der Waals surface area contributed by atoms with Gasteiger partial charge in [-0.1, -0.05) is 54.8 Å². The molecule has 0 aliphatic heterocycles. The minimum Gasteiger partial charge on any atom is -0.497 e. The van der Waals surface area contributed by atoms with Crippen LogP contribution in [0.3, 0.4) is 0 Å². The van der Waals surface area contributed by atoms with E-state index in [1.54, 1.807) is 67.6 Å². The first-order valence-electron chi connectivity index (χ1n) is 13.1. The number of carbonyl (C=O) groups is 2. The van der Waals surface area contributed by atoms with Crippen LogP contribution in [0.15, 0.2) is 77.7 Å². The Kier molecular flexibility index (Phi) is 11.0. The Bertz CT molecular complexity index is 1380. The number of hydrogen-bond acceptors (Lipinski definition) is 5. The molecule has 0 aliphatic rings. The van der Waals surface area contributed by atoms with E-state index < -0.39 is 28.5 Å². The number of halogens is 1. The zero-order valence-corrected chi connectivity index (χ0v) is 24.8. The topological polar surface area (TPSA) is 96.0 Å². The van der Waals surface area contributed by atoms with Crippen LogP contribution < -0.4 is 14.4 Å². The normalized spacial score (nSPS) is 11.9. The number of anilines is 1. The smallest absolute Gasteiger partial charge is 0.264 e. The summed E-state index contributed by atoms with van der Waals surface area (Å²) in [6.07, 6.45) is 1.72. The number of unbranched alkanes of at least 4 members (excludes halogenated alkanes) is 1. The third-order valence-electron chi connectivity index (χ3n) is 6.51. The standard InChI is InChI=1S/C30H36ClN3O5S/c1-5-6-19-32-30(36)23(3)33(20-24-9-11-25(31)12-10-24)29(35)21-34(26-13-7-22(2)8-14-26)40(37,38)28-17-15-27(39-4)16-18-28/h7-18,23H,5-6,19-21H2,1-4H3,(H,32,36)/t23-/m1/s1. The molecule has 0 unspecified atom stereocenters. The van der Waals surface area contributed by atoms with Crippen LogP contribution in [0, 0.1) is 6.92 Å². The third kappa shape index (κ3) is 7.99. The molecule has 1 N–H and O–H groups in total. The fourth-order valence-electron chi connectivity index (χ4n) is 4.02. The van der Waals surface area contributed by atoms with Gasteiger partial charge in [0, 0.05) is 18.1 Å². The Balaban J connectivity index is 1.99. The lowest BCUT2D eigenvalue weighted by molar-refractivity contribution is -0.139. The highest BCUT2D eigenvalue weighted by Crippen LogP contribution is 2.26.